The fraction of sp³-hybridized carbons (Fsp3) is 0.312. The van der Waals surface area contributed by atoms with Gasteiger partial charge in [0, 0.05) is 42.3 Å². The number of hydrogen-bond acceptors (Lipinski definition) is 5. The molecule has 0 spiro atoms. The first-order valence-corrected chi connectivity index (χ1v) is 9.30. The van der Waals surface area contributed by atoms with Crippen LogP contribution in [0.15, 0.2) is 40.6 Å². The van der Waals surface area contributed by atoms with Crippen molar-refractivity contribution in [3.8, 4) is 0 Å². The van der Waals surface area contributed by atoms with Gasteiger partial charge in [-0.2, -0.15) is 0 Å². The summed E-state index contributed by atoms with van der Waals surface area (Å²) in [4.78, 5) is 30.6. The van der Waals surface area contributed by atoms with E-state index in [0.29, 0.717) is 6.54 Å². The van der Waals surface area contributed by atoms with Gasteiger partial charge in [-0.25, -0.2) is 4.98 Å². The van der Waals surface area contributed by atoms with Gasteiger partial charge in [0.15, 0.2) is 5.16 Å². The summed E-state index contributed by atoms with van der Waals surface area (Å²) in [6.45, 7) is 2.69. The summed E-state index contributed by atoms with van der Waals surface area (Å²) >= 11 is 2.83. The van der Waals surface area contributed by atoms with Gasteiger partial charge in [0.2, 0.25) is 5.91 Å². The highest BCUT2D eigenvalue weighted by molar-refractivity contribution is 8.13. The van der Waals surface area contributed by atoms with Gasteiger partial charge in [0.05, 0.1) is 0 Å². The van der Waals surface area contributed by atoms with Crippen LogP contribution in [0.1, 0.15) is 5.56 Å². The van der Waals surface area contributed by atoms with E-state index < -0.39 is 0 Å². The van der Waals surface area contributed by atoms with Crippen molar-refractivity contribution >= 4 is 40.4 Å². The quantitative estimate of drug-likeness (QED) is 0.886. The van der Waals surface area contributed by atoms with Crippen molar-refractivity contribution in [2.24, 2.45) is 7.05 Å². The second-order valence-electron chi connectivity index (χ2n) is 5.48. The lowest BCUT2D eigenvalue weighted by Crippen LogP contribution is -2.33. The molecular formula is C16H18N4O2S2. The number of nitrogens with one attached hydrogen (secondary N) is 1. The van der Waals surface area contributed by atoms with Gasteiger partial charge in [-0.3, -0.25) is 9.59 Å². The van der Waals surface area contributed by atoms with Gasteiger partial charge in [-0.15, -0.1) is 0 Å². The summed E-state index contributed by atoms with van der Waals surface area (Å²) in [5.41, 5.74) is 1.74. The number of aryl methyl sites for hydroxylation is 2. The molecule has 1 aromatic heterocycles. The van der Waals surface area contributed by atoms with E-state index in [1.165, 1.54) is 11.8 Å². The van der Waals surface area contributed by atoms with Gasteiger partial charge in [-0.05, 0) is 30.7 Å². The first-order valence-electron chi connectivity index (χ1n) is 7.50. The predicted octanol–water partition coefficient (Wildman–Crippen LogP) is 2.99. The molecule has 3 rings (SSSR count). The molecule has 0 saturated carbocycles. The molecule has 1 aliphatic heterocycles. The minimum atomic E-state index is -0.168. The number of aromatic nitrogens is 2. The zero-order valence-corrected chi connectivity index (χ0v) is 15.1. The van der Waals surface area contributed by atoms with E-state index in [9.17, 15) is 9.59 Å². The van der Waals surface area contributed by atoms with Crippen LogP contribution in [0.3, 0.4) is 0 Å². The number of amides is 2. The van der Waals surface area contributed by atoms with Crippen LogP contribution in [0.25, 0.3) is 0 Å². The van der Waals surface area contributed by atoms with Crippen molar-refractivity contribution in [1.29, 1.82) is 0 Å². The number of hydrogen-bond donors (Lipinski definition) is 1. The number of rotatable bonds is 5. The average Bonchev–Trinajstić information content (AvgIpc) is 3.12. The topological polar surface area (TPSA) is 67.2 Å². The number of imidazole rings is 1. The van der Waals surface area contributed by atoms with Crippen molar-refractivity contribution in [3.63, 3.8) is 0 Å². The molecule has 0 radical (unpaired) electrons. The van der Waals surface area contributed by atoms with Crippen molar-refractivity contribution in [2.45, 2.75) is 17.0 Å². The molecule has 1 N–H and O–H groups in total. The summed E-state index contributed by atoms with van der Waals surface area (Å²) in [5, 5.41) is 3.77. The lowest BCUT2D eigenvalue weighted by atomic mass is 10.2. The zero-order chi connectivity index (χ0) is 17.1. The maximum absolute atomic E-state index is 12.1. The fourth-order valence-electron chi connectivity index (χ4n) is 2.33. The van der Waals surface area contributed by atoms with Gasteiger partial charge < -0.3 is 14.8 Å². The van der Waals surface area contributed by atoms with Crippen LogP contribution in [0.4, 0.5) is 10.5 Å². The Hall–Kier alpha value is -1.93. The number of benzene rings is 1. The SMILES string of the molecule is Cc1cc(Sc2nccn2C)ccc1NC(=O)CN1CCSC1=O. The third kappa shape index (κ3) is 3.93. The normalized spacial score (nSPS) is 14.2. The lowest BCUT2D eigenvalue weighted by molar-refractivity contribution is -0.116. The minimum Gasteiger partial charge on any atom is -0.329 e. The molecule has 8 heteroatoms. The largest absolute Gasteiger partial charge is 0.329 e. The summed E-state index contributed by atoms with van der Waals surface area (Å²) in [6, 6.07) is 5.86. The molecule has 2 heterocycles. The maximum Gasteiger partial charge on any atom is 0.282 e. The minimum absolute atomic E-state index is 0.0244. The maximum atomic E-state index is 12.1. The molecule has 24 heavy (non-hydrogen) atoms. The van der Waals surface area contributed by atoms with Crippen LogP contribution < -0.4 is 5.32 Å². The van der Waals surface area contributed by atoms with E-state index in [0.717, 1.165) is 27.1 Å². The summed E-state index contributed by atoms with van der Waals surface area (Å²) in [7, 11) is 1.95. The fourth-order valence-corrected chi connectivity index (χ4v) is 4.05. The molecule has 1 aliphatic rings. The van der Waals surface area contributed by atoms with E-state index in [2.05, 4.69) is 10.3 Å². The van der Waals surface area contributed by atoms with Crippen molar-refractivity contribution in [2.75, 3.05) is 24.2 Å². The average molecular weight is 362 g/mol. The van der Waals surface area contributed by atoms with Gasteiger partial charge in [0.1, 0.15) is 6.54 Å². The molecule has 2 amide bonds. The van der Waals surface area contributed by atoms with E-state index in [1.54, 1.807) is 22.9 Å². The summed E-state index contributed by atoms with van der Waals surface area (Å²) < 4.78 is 1.96. The number of carbonyl (C=O) groups is 2. The van der Waals surface area contributed by atoms with Crippen LogP contribution in [-0.2, 0) is 11.8 Å². The molecule has 1 fully saturated rings. The first-order chi connectivity index (χ1) is 11.5. The van der Waals surface area contributed by atoms with Gasteiger partial charge in [0.25, 0.3) is 5.24 Å². The molecule has 2 aromatic rings. The Bertz CT molecular complexity index is 775. The lowest BCUT2D eigenvalue weighted by Gasteiger charge is -2.15. The van der Waals surface area contributed by atoms with Gasteiger partial charge in [-0.1, -0.05) is 23.5 Å². The molecule has 1 saturated heterocycles. The Morgan fingerprint density at radius 3 is 2.92 bits per heavy atom. The third-order valence-electron chi connectivity index (χ3n) is 3.64. The van der Waals surface area contributed by atoms with Crippen LogP contribution >= 0.6 is 23.5 Å². The van der Waals surface area contributed by atoms with Crippen molar-refractivity contribution < 1.29 is 9.59 Å². The Labute approximate surface area is 149 Å². The summed E-state index contributed by atoms with van der Waals surface area (Å²) in [6.07, 6.45) is 3.67. The molecule has 126 valence electrons. The Morgan fingerprint density at radius 1 is 1.46 bits per heavy atom. The Balaban J connectivity index is 1.63. The second-order valence-corrected chi connectivity index (χ2v) is 7.57. The van der Waals surface area contributed by atoms with E-state index in [-0.39, 0.29) is 17.7 Å². The van der Waals surface area contributed by atoms with Crippen LogP contribution in [0, 0.1) is 6.92 Å². The van der Waals surface area contributed by atoms with Crippen molar-refractivity contribution in [1.82, 2.24) is 14.5 Å². The van der Waals surface area contributed by atoms with E-state index >= 15 is 0 Å². The summed E-state index contributed by atoms with van der Waals surface area (Å²) in [5.74, 6) is 0.586. The van der Waals surface area contributed by atoms with Crippen LogP contribution in [0.5, 0.6) is 0 Å². The molecule has 0 unspecified atom stereocenters. The monoisotopic (exact) mass is 362 g/mol. The molecule has 6 nitrogen and oxygen atoms in total. The van der Waals surface area contributed by atoms with Crippen molar-refractivity contribution in [3.05, 3.63) is 36.2 Å². The number of carbonyl (C=O) groups excluding carboxylic acids is 2. The van der Waals surface area contributed by atoms with Crippen LogP contribution in [-0.4, -0.2) is 44.4 Å². The third-order valence-corrected chi connectivity index (χ3v) is 5.59. The smallest absolute Gasteiger partial charge is 0.282 e. The highest BCUT2D eigenvalue weighted by Gasteiger charge is 2.23. The highest BCUT2D eigenvalue weighted by Crippen LogP contribution is 2.29. The highest BCUT2D eigenvalue weighted by atomic mass is 32.2. The Morgan fingerprint density at radius 2 is 2.29 bits per heavy atom. The first kappa shape index (κ1) is 16.9. The van der Waals surface area contributed by atoms with E-state index in [1.807, 2.05) is 42.9 Å². The standard InChI is InChI=1S/C16H18N4O2S2/c1-11-9-12(24-15-17-5-6-19(15)2)3-4-13(11)18-14(21)10-20-7-8-23-16(20)22/h3-6,9H,7-8,10H2,1-2H3,(H,18,21). The van der Waals surface area contributed by atoms with Gasteiger partial charge >= 0.3 is 0 Å². The number of nitrogens with zero attached hydrogens (tertiary/aromatic N) is 3. The van der Waals surface area contributed by atoms with Crippen LogP contribution in [0.2, 0.25) is 0 Å². The number of thioether (sulfide) groups is 1. The molecule has 0 aliphatic carbocycles. The Kier molecular flexibility index (Phi) is 5.15. The zero-order valence-electron chi connectivity index (χ0n) is 13.5. The van der Waals surface area contributed by atoms with E-state index in [4.69, 9.17) is 0 Å². The second kappa shape index (κ2) is 7.31. The molecule has 0 bridgehead atoms. The molecular weight excluding hydrogens is 344 g/mol. The number of anilines is 1. The molecule has 1 aromatic carbocycles. The molecule has 0 atom stereocenters. The predicted molar refractivity (Wildman–Crippen MR) is 96.6 cm³/mol.